The van der Waals surface area contributed by atoms with Crippen molar-refractivity contribution in [3.8, 4) is 0 Å². The predicted octanol–water partition coefficient (Wildman–Crippen LogP) is 3.91. The number of piperidine rings is 1. The van der Waals surface area contributed by atoms with E-state index in [0.717, 1.165) is 38.0 Å². The van der Waals surface area contributed by atoms with Crippen LogP contribution in [0.4, 0.5) is 10.5 Å². The van der Waals surface area contributed by atoms with Gasteiger partial charge in [0.1, 0.15) is 5.60 Å². The molecule has 1 fully saturated rings. The molecule has 1 aromatic carbocycles. The number of carbonyl (C=O) groups is 2. The van der Waals surface area contributed by atoms with Crippen LogP contribution in [-0.4, -0.2) is 59.6 Å². The summed E-state index contributed by atoms with van der Waals surface area (Å²) < 4.78 is 5.46. The molecule has 2 rings (SSSR count). The highest BCUT2D eigenvalue weighted by atomic mass is 16.6. The van der Waals surface area contributed by atoms with Gasteiger partial charge < -0.3 is 15.0 Å². The van der Waals surface area contributed by atoms with Gasteiger partial charge in [-0.05, 0) is 64.7 Å². The zero-order chi connectivity index (χ0) is 20.9. The summed E-state index contributed by atoms with van der Waals surface area (Å²) in [5, 5.41) is 3.00. The molecule has 2 amide bonds. The van der Waals surface area contributed by atoms with Gasteiger partial charge in [0.25, 0.3) is 0 Å². The first kappa shape index (κ1) is 22.2. The van der Waals surface area contributed by atoms with Crippen LogP contribution in [0.25, 0.3) is 0 Å². The summed E-state index contributed by atoms with van der Waals surface area (Å²) in [5.41, 5.74) is 1.59. The Kier molecular flexibility index (Phi) is 7.47. The van der Waals surface area contributed by atoms with Crippen LogP contribution < -0.4 is 5.32 Å². The smallest absolute Gasteiger partial charge is 0.410 e. The molecule has 6 heteroatoms. The van der Waals surface area contributed by atoms with Gasteiger partial charge in [0.2, 0.25) is 5.91 Å². The minimum atomic E-state index is -0.492. The van der Waals surface area contributed by atoms with Gasteiger partial charge in [0.05, 0.1) is 6.04 Å². The van der Waals surface area contributed by atoms with Crippen LogP contribution in [0.1, 0.15) is 53.0 Å². The Balaban J connectivity index is 1.84. The molecule has 0 bridgehead atoms. The number of ether oxygens (including phenoxy) is 1. The van der Waals surface area contributed by atoms with Crippen LogP contribution in [0.15, 0.2) is 24.3 Å². The highest BCUT2D eigenvalue weighted by molar-refractivity contribution is 5.94. The van der Waals surface area contributed by atoms with E-state index in [1.54, 1.807) is 11.9 Å². The maximum Gasteiger partial charge on any atom is 0.410 e. The van der Waals surface area contributed by atoms with Gasteiger partial charge in [-0.2, -0.15) is 0 Å². The summed E-state index contributed by atoms with van der Waals surface area (Å²) in [4.78, 5) is 28.7. The molecule has 0 spiro atoms. The number of amides is 2. The molecule has 1 saturated heterocycles. The molecule has 1 atom stereocenters. The Hall–Kier alpha value is -2.08. The molecule has 28 heavy (non-hydrogen) atoms. The molecule has 0 aliphatic carbocycles. The monoisotopic (exact) mass is 389 g/mol. The maximum absolute atomic E-state index is 12.6. The quantitative estimate of drug-likeness (QED) is 0.829. The van der Waals surface area contributed by atoms with E-state index >= 15 is 0 Å². The number of anilines is 1. The lowest BCUT2D eigenvalue weighted by molar-refractivity contribution is -0.121. The summed E-state index contributed by atoms with van der Waals surface area (Å²) in [5.74, 6) is 0.00296. The van der Waals surface area contributed by atoms with Crippen molar-refractivity contribution in [2.24, 2.45) is 0 Å². The van der Waals surface area contributed by atoms with Gasteiger partial charge in [0, 0.05) is 31.9 Å². The van der Waals surface area contributed by atoms with Crippen LogP contribution in [0.3, 0.4) is 0 Å². The van der Waals surface area contributed by atoms with Crippen molar-refractivity contribution in [3.63, 3.8) is 0 Å². The number of benzene rings is 1. The standard InChI is InChI=1S/C22H35N3O3/c1-7-17-8-10-18(11-9-17)23-20(26)16(2)25-14-12-19(13-15-25)24(6)21(27)28-22(3,4)5/h8-11,16,19H,7,12-15H2,1-6H3,(H,23,26). The highest BCUT2D eigenvalue weighted by Crippen LogP contribution is 2.20. The second-order valence-electron chi connectivity index (χ2n) is 8.57. The molecule has 0 radical (unpaired) electrons. The third kappa shape index (κ3) is 6.23. The number of nitrogens with one attached hydrogen (secondary N) is 1. The first-order valence-electron chi connectivity index (χ1n) is 10.2. The first-order chi connectivity index (χ1) is 13.1. The van der Waals surface area contributed by atoms with E-state index in [1.807, 2.05) is 52.0 Å². The summed E-state index contributed by atoms with van der Waals surface area (Å²) >= 11 is 0. The fraction of sp³-hybridized carbons (Fsp3) is 0.636. The van der Waals surface area contributed by atoms with Crippen molar-refractivity contribution in [2.75, 3.05) is 25.5 Å². The zero-order valence-electron chi connectivity index (χ0n) is 18.1. The van der Waals surface area contributed by atoms with Gasteiger partial charge in [0.15, 0.2) is 0 Å². The first-order valence-corrected chi connectivity index (χ1v) is 10.2. The van der Waals surface area contributed by atoms with Crippen molar-refractivity contribution in [1.82, 2.24) is 9.80 Å². The minimum Gasteiger partial charge on any atom is -0.444 e. The van der Waals surface area contributed by atoms with Gasteiger partial charge in [-0.3, -0.25) is 9.69 Å². The number of aryl methyl sites for hydroxylation is 1. The molecule has 1 aromatic rings. The Morgan fingerprint density at radius 3 is 2.29 bits per heavy atom. The molecule has 1 unspecified atom stereocenters. The van der Waals surface area contributed by atoms with E-state index in [2.05, 4.69) is 17.1 Å². The molecule has 156 valence electrons. The molecule has 1 N–H and O–H groups in total. The van der Waals surface area contributed by atoms with Crippen molar-refractivity contribution >= 4 is 17.7 Å². The second-order valence-corrected chi connectivity index (χ2v) is 8.57. The van der Waals surface area contributed by atoms with Gasteiger partial charge in [-0.1, -0.05) is 19.1 Å². The topological polar surface area (TPSA) is 61.9 Å². The van der Waals surface area contributed by atoms with E-state index in [9.17, 15) is 9.59 Å². The van der Waals surface area contributed by atoms with Crippen LogP contribution in [0, 0.1) is 0 Å². The van der Waals surface area contributed by atoms with Crippen molar-refractivity contribution in [2.45, 2.75) is 71.6 Å². The SMILES string of the molecule is CCc1ccc(NC(=O)C(C)N2CCC(N(C)C(=O)OC(C)(C)C)CC2)cc1. The number of carbonyl (C=O) groups excluding carboxylic acids is 2. The third-order valence-corrected chi connectivity index (χ3v) is 5.29. The Labute approximate surface area is 169 Å². The maximum atomic E-state index is 12.6. The fourth-order valence-corrected chi connectivity index (χ4v) is 3.38. The average molecular weight is 390 g/mol. The molecule has 6 nitrogen and oxygen atoms in total. The predicted molar refractivity (Wildman–Crippen MR) is 113 cm³/mol. The van der Waals surface area contributed by atoms with E-state index in [-0.39, 0.29) is 24.1 Å². The molecule has 1 heterocycles. The van der Waals surface area contributed by atoms with Crippen LogP contribution in [-0.2, 0) is 16.0 Å². The van der Waals surface area contributed by atoms with Gasteiger partial charge >= 0.3 is 6.09 Å². The molecular formula is C22H35N3O3. The lowest BCUT2D eigenvalue weighted by atomic mass is 10.0. The minimum absolute atomic E-state index is 0.00296. The number of nitrogens with zero attached hydrogens (tertiary/aromatic N) is 2. The highest BCUT2D eigenvalue weighted by Gasteiger charge is 2.31. The van der Waals surface area contributed by atoms with Crippen molar-refractivity contribution in [1.29, 1.82) is 0 Å². The fourth-order valence-electron chi connectivity index (χ4n) is 3.38. The lowest BCUT2D eigenvalue weighted by Gasteiger charge is -2.39. The van der Waals surface area contributed by atoms with Crippen LogP contribution in [0.5, 0.6) is 0 Å². The summed E-state index contributed by atoms with van der Waals surface area (Å²) in [7, 11) is 1.80. The number of rotatable bonds is 5. The lowest BCUT2D eigenvalue weighted by Crippen LogP contribution is -2.51. The Morgan fingerprint density at radius 2 is 1.79 bits per heavy atom. The van der Waals surface area contributed by atoms with E-state index in [4.69, 9.17) is 4.74 Å². The average Bonchev–Trinajstić information content (AvgIpc) is 2.66. The summed E-state index contributed by atoms with van der Waals surface area (Å²) in [6, 6.07) is 7.91. The van der Waals surface area contributed by atoms with Crippen LogP contribution in [0.2, 0.25) is 0 Å². The normalized spacial score (nSPS) is 17.1. The molecular weight excluding hydrogens is 354 g/mol. The van der Waals surface area contributed by atoms with Gasteiger partial charge in [-0.25, -0.2) is 4.79 Å². The largest absolute Gasteiger partial charge is 0.444 e. The molecule has 0 aromatic heterocycles. The van der Waals surface area contributed by atoms with E-state index in [1.165, 1.54) is 5.56 Å². The van der Waals surface area contributed by atoms with Crippen LogP contribution >= 0.6 is 0 Å². The third-order valence-electron chi connectivity index (χ3n) is 5.29. The number of hydrogen-bond donors (Lipinski definition) is 1. The second kappa shape index (κ2) is 9.41. The Morgan fingerprint density at radius 1 is 1.21 bits per heavy atom. The van der Waals surface area contributed by atoms with Crippen molar-refractivity contribution < 1.29 is 14.3 Å². The Bertz CT molecular complexity index is 659. The zero-order valence-corrected chi connectivity index (χ0v) is 18.1. The van der Waals surface area contributed by atoms with Crippen molar-refractivity contribution in [3.05, 3.63) is 29.8 Å². The number of hydrogen-bond acceptors (Lipinski definition) is 4. The van der Waals surface area contributed by atoms with E-state index < -0.39 is 5.60 Å². The summed E-state index contributed by atoms with van der Waals surface area (Å²) in [6.45, 7) is 11.2. The molecule has 1 aliphatic heterocycles. The number of likely N-dealkylation sites (tertiary alicyclic amines) is 1. The van der Waals surface area contributed by atoms with E-state index in [0.29, 0.717) is 0 Å². The molecule has 0 saturated carbocycles. The summed E-state index contributed by atoms with van der Waals surface area (Å²) in [6.07, 6.45) is 2.36. The van der Waals surface area contributed by atoms with Gasteiger partial charge in [-0.15, -0.1) is 0 Å². The molecule has 1 aliphatic rings.